The van der Waals surface area contributed by atoms with Gasteiger partial charge >= 0.3 is 5.69 Å². The third kappa shape index (κ3) is 2.78. The maximum atomic E-state index is 14.8. The van der Waals surface area contributed by atoms with E-state index in [9.17, 15) is 27.6 Å². The van der Waals surface area contributed by atoms with E-state index < -0.39 is 47.6 Å². The highest BCUT2D eigenvalue weighted by Gasteiger charge is 2.26. The number of furan rings is 1. The highest BCUT2D eigenvalue weighted by atomic mass is 35.5. The molecule has 162 valence electrons. The minimum absolute atomic E-state index is 0.182. The molecule has 0 unspecified atom stereocenters. The van der Waals surface area contributed by atoms with Gasteiger partial charge in [-0.05, 0) is 30.3 Å². The number of benzene rings is 2. The van der Waals surface area contributed by atoms with Crippen LogP contribution in [0.2, 0.25) is 5.02 Å². The summed E-state index contributed by atoms with van der Waals surface area (Å²) in [6.45, 7) is 0. The number of fused-ring (bicyclic) bond motifs is 2. The van der Waals surface area contributed by atoms with Crippen LogP contribution >= 0.6 is 11.6 Å². The minimum Gasteiger partial charge on any atom is -0.470 e. The van der Waals surface area contributed by atoms with Crippen LogP contribution < -0.4 is 11.2 Å². The van der Waals surface area contributed by atoms with Gasteiger partial charge in [0.2, 0.25) is 9.84 Å². The lowest BCUT2D eigenvalue weighted by atomic mass is 10.2. The number of sulfone groups is 1. The summed E-state index contributed by atoms with van der Waals surface area (Å²) < 4.78 is 48.1. The molecule has 0 amide bonds. The van der Waals surface area contributed by atoms with Gasteiger partial charge in [0, 0.05) is 17.6 Å². The first-order valence-electron chi connectivity index (χ1n) is 8.95. The first-order valence-corrected chi connectivity index (χ1v) is 10.8. The molecule has 3 aromatic heterocycles. The summed E-state index contributed by atoms with van der Waals surface area (Å²) in [6, 6.07) is 7.46. The predicted octanol–water partition coefficient (Wildman–Crippen LogP) is 3.09. The normalized spacial score (nSPS) is 12.1. The molecule has 2 aromatic carbocycles. The first-order chi connectivity index (χ1) is 15.2. The summed E-state index contributed by atoms with van der Waals surface area (Å²) in [7, 11) is -4.44. The molecule has 32 heavy (non-hydrogen) atoms. The van der Waals surface area contributed by atoms with E-state index in [-0.39, 0.29) is 20.7 Å². The number of rotatable bonds is 3. The summed E-state index contributed by atoms with van der Waals surface area (Å²) >= 11 is 6.01. The Morgan fingerprint density at radius 2 is 1.91 bits per heavy atom. The highest BCUT2D eigenvalue weighted by Crippen LogP contribution is 2.32. The van der Waals surface area contributed by atoms with Crippen molar-refractivity contribution in [3.05, 3.63) is 86.8 Å². The van der Waals surface area contributed by atoms with Gasteiger partial charge in [0.1, 0.15) is 12.1 Å². The first kappa shape index (κ1) is 20.1. The Morgan fingerprint density at radius 3 is 2.62 bits per heavy atom. The van der Waals surface area contributed by atoms with E-state index in [1.807, 2.05) is 0 Å². The Balaban J connectivity index is 1.82. The van der Waals surface area contributed by atoms with Crippen molar-refractivity contribution in [2.75, 3.05) is 0 Å². The predicted molar refractivity (Wildman–Crippen MR) is 112 cm³/mol. The molecule has 0 aliphatic heterocycles. The van der Waals surface area contributed by atoms with Gasteiger partial charge in [-0.25, -0.2) is 17.6 Å². The molecule has 0 atom stereocenters. The summed E-state index contributed by atoms with van der Waals surface area (Å²) in [5.74, 6) is -0.784. The molecule has 0 bridgehead atoms. The molecule has 0 aliphatic rings. The lowest BCUT2D eigenvalue weighted by Gasteiger charge is -2.11. The van der Waals surface area contributed by atoms with Gasteiger partial charge in [0.25, 0.3) is 5.56 Å². The maximum Gasteiger partial charge on any atom is 0.362 e. The second-order valence-corrected chi connectivity index (χ2v) is 9.18. The number of hydrogen-bond donors (Lipinski definition) is 2. The van der Waals surface area contributed by atoms with Crippen LogP contribution in [0.3, 0.4) is 0 Å². The van der Waals surface area contributed by atoms with E-state index in [4.69, 9.17) is 16.0 Å². The minimum atomic E-state index is -4.44. The van der Waals surface area contributed by atoms with E-state index in [2.05, 4.69) is 4.98 Å². The third-order valence-corrected chi connectivity index (χ3v) is 7.15. The van der Waals surface area contributed by atoms with Gasteiger partial charge < -0.3 is 19.2 Å². The molecule has 12 heteroatoms. The second-order valence-electron chi connectivity index (χ2n) is 6.85. The standard InChI is InChI=1S/C20H11ClFN3O6S/c21-13-1-2-16(18-17(13)19(26)25(28)20(27)23-18)32(29,30)11-7-14(22)12-3-5-24(15(12)8-11)10-4-6-31-9-10/h1-9,28H,(H,23,27). The van der Waals surface area contributed by atoms with Gasteiger partial charge in [-0.15, -0.1) is 0 Å². The topological polar surface area (TPSA) is 127 Å². The summed E-state index contributed by atoms with van der Waals surface area (Å²) in [5.41, 5.74) is -2.03. The van der Waals surface area contributed by atoms with Crippen molar-refractivity contribution in [1.82, 2.24) is 14.3 Å². The molecule has 0 radical (unpaired) electrons. The Hall–Kier alpha value is -3.83. The number of nitrogens with one attached hydrogen (secondary N) is 1. The number of H-pyrrole nitrogens is 1. The number of aromatic nitrogens is 3. The summed E-state index contributed by atoms with van der Waals surface area (Å²) in [5, 5.41) is 9.18. The lowest BCUT2D eigenvalue weighted by molar-refractivity contribution is 0.162. The number of hydrogen-bond acceptors (Lipinski definition) is 6. The van der Waals surface area contributed by atoms with Gasteiger partial charge in [0.15, 0.2) is 0 Å². The molecule has 0 spiro atoms. The van der Waals surface area contributed by atoms with E-state index in [0.29, 0.717) is 5.69 Å². The zero-order chi connectivity index (χ0) is 22.8. The molecule has 2 N–H and O–H groups in total. The monoisotopic (exact) mass is 475 g/mol. The molecule has 0 saturated heterocycles. The Kier molecular flexibility index (Phi) is 4.29. The van der Waals surface area contributed by atoms with Crippen LogP contribution in [0.15, 0.2) is 78.9 Å². The quantitative estimate of drug-likeness (QED) is 0.386. The Morgan fingerprint density at radius 1 is 1.12 bits per heavy atom. The van der Waals surface area contributed by atoms with Crippen molar-refractivity contribution < 1.29 is 22.4 Å². The molecule has 5 rings (SSSR count). The average Bonchev–Trinajstić information content (AvgIpc) is 3.41. The van der Waals surface area contributed by atoms with E-state index in [0.717, 1.165) is 18.2 Å². The van der Waals surface area contributed by atoms with Crippen molar-refractivity contribution in [2.45, 2.75) is 9.79 Å². The average molecular weight is 476 g/mol. The molecule has 3 heterocycles. The SMILES string of the molecule is O=c1[nH]c2c(S(=O)(=O)c3cc(F)c4ccn(-c5ccoc5)c4c3)ccc(Cl)c2c(=O)n1O. The molecule has 0 saturated carbocycles. The van der Waals surface area contributed by atoms with Gasteiger partial charge in [-0.3, -0.25) is 4.79 Å². The second kappa shape index (κ2) is 6.84. The van der Waals surface area contributed by atoms with Crippen LogP contribution in [-0.4, -0.2) is 27.9 Å². The maximum absolute atomic E-state index is 14.8. The van der Waals surface area contributed by atoms with Crippen molar-refractivity contribution in [3.63, 3.8) is 0 Å². The Labute approximate surface area is 182 Å². The van der Waals surface area contributed by atoms with Crippen LogP contribution in [0.5, 0.6) is 0 Å². The fraction of sp³-hybridized carbons (Fsp3) is 0. The molecule has 0 fully saturated rings. The van der Waals surface area contributed by atoms with Gasteiger partial charge in [0.05, 0.1) is 43.2 Å². The molecule has 5 aromatic rings. The number of halogens is 2. The van der Waals surface area contributed by atoms with Crippen LogP contribution in [0.4, 0.5) is 4.39 Å². The van der Waals surface area contributed by atoms with Gasteiger partial charge in [-0.2, -0.15) is 0 Å². The fourth-order valence-electron chi connectivity index (χ4n) is 3.55. The van der Waals surface area contributed by atoms with Crippen LogP contribution in [0.25, 0.3) is 27.5 Å². The van der Waals surface area contributed by atoms with Crippen molar-refractivity contribution in [2.24, 2.45) is 0 Å². The largest absolute Gasteiger partial charge is 0.470 e. The Bertz CT molecular complexity index is 1770. The van der Waals surface area contributed by atoms with Crippen LogP contribution in [0.1, 0.15) is 0 Å². The van der Waals surface area contributed by atoms with Gasteiger partial charge in [-0.1, -0.05) is 16.3 Å². The van der Waals surface area contributed by atoms with E-state index in [1.165, 1.54) is 24.7 Å². The zero-order valence-corrected chi connectivity index (χ0v) is 17.3. The van der Waals surface area contributed by atoms with Crippen molar-refractivity contribution >= 4 is 43.2 Å². The summed E-state index contributed by atoms with van der Waals surface area (Å²) in [6.07, 6.45) is 4.39. The zero-order valence-electron chi connectivity index (χ0n) is 15.7. The van der Waals surface area contributed by atoms with Crippen LogP contribution in [0, 0.1) is 5.82 Å². The number of nitrogens with zero attached hydrogens (tertiary/aromatic N) is 2. The lowest BCUT2D eigenvalue weighted by Crippen LogP contribution is -2.33. The third-order valence-electron chi connectivity index (χ3n) is 5.06. The molecular formula is C20H11ClFN3O6S. The molecule has 0 aliphatic carbocycles. The molecular weight excluding hydrogens is 465 g/mol. The van der Waals surface area contributed by atoms with Crippen molar-refractivity contribution in [1.29, 1.82) is 0 Å². The molecule has 9 nitrogen and oxygen atoms in total. The smallest absolute Gasteiger partial charge is 0.362 e. The van der Waals surface area contributed by atoms with Crippen LogP contribution in [-0.2, 0) is 9.84 Å². The van der Waals surface area contributed by atoms with E-state index in [1.54, 1.807) is 16.8 Å². The fourth-order valence-corrected chi connectivity index (χ4v) is 5.23. The van der Waals surface area contributed by atoms with Crippen molar-refractivity contribution in [3.8, 4) is 5.69 Å². The number of aromatic amines is 1. The summed E-state index contributed by atoms with van der Waals surface area (Å²) in [4.78, 5) is 25.4. The highest BCUT2D eigenvalue weighted by molar-refractivity contribution is 7.91. The van der Waals surface area contributed by atoms with E-state index >= 15 is 0 Å².